The van der Waals surface area contributed by atoms with E-state index < -0.39 is 5.60 Å². The first-order chi connectivity index (χ1) is 10.7. The van der Waals surface area contributed by atoms with E-state index in [2.05, 4.69) is 5.32 Å². The Bertz CT molecular complexity index is 570. The molecule has 1 heterocycles. The van der Waals surface area contributed by atoms with Crippen molar-refractivity contribution >= 4 is 17.7 Å². The third kappa shape index (κ3) is 5.27. The highest BCUT2D eigenvalue weighted by molar-refractivity contribution is 5.92. The van der Waals surface area contributed by atoms with Crippen molar-refractivity contribution in [3.05, 3.63) is 29.8 Å². The van der Waals surface area contributed by atoms with Crippen LogP contribution < -0.4 is 5.32 Å². The zero-order valence-corrected chi connectivity index (χ0v) is 14.4. The summed E-state index contributed by atoms with van der Waals surface area (Å²) >= 11 is 0. The summed E-state index contributed by atoms with van der Waals surface area (Å²) in [5.74, 6) is -0.0337. The van der Waals surface area contributed by atoms with Gasteiger partial charge in [-0.3, -0.25) is 4.79 Å². The van der Waals surface area contributed by atoms with Gasteiger partial charge in [-0.05, 0) is 58.2 Å². The Labute approximate surface area is 138 Å². The van der Waals surface area contributed by atoms with Gasteiger partial charge in [0.2, 0.25) is 5.91 Å². The van der Waals surface area contributed by atoms with Crippen LogP contribution in [-0.2, 0) is 9.53 Å². The van der Waals surface area contributed by atoms with Gasteiger partial charge in [0.25, 0.3) is 0 Å². The van der Waals surface area contributed by atoms with Crippen molar-refractivity contribution in [2.24, 2.45) is 5.92 Å². The van der Waals surface area contributed by atoms with E-state index >= 15 is 0 Å². The van der Waals surface area contributed by atoms with Gasteiger partial charge < -0.3 is 15.0 Å². The SMILES string of the molecule is Cc1cccc(NC(=O)C2CCN(C(=O)OC(C)(C)C)CC2)c1. The predicted octanol–water partition coefficient (Wildman–Crippen LogP) is 3.58. The fraction of sp³-hybridized carbons (Fsp3) is 0.556. The molecule has 2 amide bonds. The highest BCUT2D eigenvalue weighted by Gasteiger charge is 2.29. The Morgan fingerprint density at radius 3 is 2.43 bits per heavy atom. The van der Waals surface area contributed by atoms with Crippen molar-refractivity contribution in [2.75, 3.05) is 18.4 Å². The van der Waals surface area contributed by atoms with Crippen LogP contribution in [0.2, 0.25) is 0 Å². The maximum atomic E-state index is 12.3. The Morgan fingerprint density at radius 2 is 1.87 bits per heavy atom. The van der Waals surface area contributed by atoms with Gasteiger partial charge in [-0.2, -0.15) is 0 Å². The third-order valence-corrected chi connectivity index (χ3v) is 3.80. The lowest BCUT2D eigenvalue weighted by Crippen LogP contribution is -2.43. The molecule has 1 N–H and O–H groups in total. The second-order valence-electron chi connectivity index (χ2n) is 7.10. The number of benzene rings is 1. The van der Waals surface area contributed by atoms with E-state index in [4.69, 9.17) is 4.74 Å². The minimum atomic E-state index is -0.490. The van der Waals surface area contributed by atoms with Crippen molar-refractivity contribution in [1.29, 1.82) is 0 Å². The number of nitrogens with one attached hydrogen (secondary N) is 1. The number of anilines is 1. The summed E-state index contributed by atoms with van der Waals surface area (Å²) in [6.45, 7) is 8.67. The van der Waals surface area contributed by atoms with Gasteiger partial charge in [0.15, 0.2) is 0 Å². The fourth-order valence-corrected chi connectivity index (χ4v) is 2.62. The average molecular weight is 318 g/mol. The highest BCUT2D eigenvalue weighted by atomic mass is 16.6. The molecule has 0 aromatic heterocycles. The molecular weight excluding hydrogens is 292 g/mol. The van der Waals surface area contributed by atoms with Crippen LogP contribution >= 0.6 is 0 Å². The number of piperidine rings is 1. The van der Waals surface area contributed by atoms with E-state index in [0.29, 0.717) is 25.9 Å². The summed E-state index contributed by atoms with van der Waals surface area (Å²) < 4.78 is 5.37. The molecule has 5 heteroatoms. The van der Waals surface area contributed by atoms with Crippen LogP contribution in [0.1, 0.15) is 39.2 Å². The van der Waals surface area contributed by atoms with Crippen molar-refractivity contribution < 1.29 is 14.3 Å². The van der Waals surface area contributed by atoms with Crippen molar-refractivity contribution in [1.82, 2.24) is 4.90 Å². The van der Waals surface area contributed by atoms with Crippen LogP contribution in [0.15, 0.2) is 24.3 Å². The number of ether oxygens (including phenoxy) is 1. The number of hydrogen-bond donors (Lipinski definition) is 1. The number of aryl methyl sites for hydroxylation is 1. The molecule has 0 spiro atoms. The van der Waals surface area contributed by atoms with E-state index in [1.165, 1.54) is 0 Å². The van der Waals surface area contributed by atoms with Crippen LogP contribution in [0.25, 0.3) is 0 Å². The van der Waals surface area contributed by atoms with Gasteiger partial charge in [-0.1, -0.05) is 12.1 Å². The lowest BCUT2D eigenvalue weighted by atomic mass is 9.96. The third-order valence-electron chi connectivity index (χ3n) is 3.80. The van der Waals surface area contributed by atoms with Crippen LogP contribution in [0.3, 0.4) is 0 Å². The topological polar surface area (TPSA) is 58.6 Å². The lowest BCUT2D eigenvalue weighted by molar-refractivity contribution is -0.121. The lowest BCUT2D eigenvalue weighted by Gasteiger charge is -2.32. The van der Waals surface area contributed by atoms with Crippen LogP contribution in [-0.4, -0.2) is 35.6 Å². The molecule has 1 aliphatic rings. The molecule has 5 nitrogen and oxygen atoms in total. The smallest absolute Gasteiger partial charge is 0.410 e. The van der Waals surface area contributed by atoms with Gasteiger partial charge in [-0.25, -0.2) is 4.79 Å². The summed E-state index contributed by atoms with van der Waals surface area (Å²) in [5, 5.41) is 2.96. The second-order valence-corrected chi connectivity index (χ2v) is 7.10. The van der Waals surface area contributed by atoms with Crippen LogP contribution in [0, 0.1) is 12.8 Å². The Balaban J connectivity index is 1.84. The average Bonchev–Trinajstić information content (AvgIpc) is 2.45. The number of likely N-dealkylation sites (tertiary alicyclic amines) is 1. The summed E-state index contributed by atoms with van der Waals surface area (Å²) in [4.78, 5) is 26.0. The normalized spacial score (nSPS) is 16.1. The summed E-state index contributed by atoms with van der Waals surface area (Å²) in [7, 11) is 0. The number of hydrogen-bond acceptors (Lipinski definition) is 3. The van der Waals surface area contributed by atoms with Gasteiger partial charge >= 0.3 is 6.09 Å². The fourth-order valence-electron chi connectivity index (χ4n) is 2.62. The minimum Gasteiger partial charge on any atom is -0.444 e. The van der Waals surface area contributed by atoms with E-state index in [0.717, 1.165) is 11.3 Å². The summed E-state index contributed by atoms with van der Waals surface area (Å²) in [5.41, 5.74) is 1.45. The molecule has 0 atom stereocenters. The molecule has 0 aliphatic carbocycles. The number of carbonyl (C=O) groups is 2. The molecule has 0 bridgehead atoms. The van der Waals surface area contributed by atoms with Crippen molar-refractivity contribution in [3.63, 3.8) is 0 Å². The van der Waals surface area contributed by atoms with Gasteiger partial charge in [-0.15, -0.1) is 0 Å². The zero-order chi connectivity index (χ0) is 17.0. The van der Waals surface area contributed by atoms with E-state index in [-0.39, 0.29) is 17.9 Å². The molecule has 0 saturated carbocycles. The van der Waals surface area contributed by atoms with Gasteiger partial charge in [0, 0.05) is 24.7 Å². The largest absolute Gasteiger partial charge is 0.444 e. The molecule has 0 radical (unpaired) electrons. The van der Waals surface area contributed by atoms with E-state index in [1.54, 1.807) is 4.90 Å². The number of nitrogens with zero attached hydrogens (tertiary/aromatic N) is 1. The van der Waals surface area contributed by atoms with Crippen molar-refractivity contribution in [3.8, 4) is 0 Å². The number of amides is 2. The zero-order valence-electron chi connectivity index (χ0n) is 14.4. The Kier molecular flexibility index (Phi) is 5.29. The molecule has 0 unspecified atom stereocenters. The summed E-state index contributed by atoms with van der Waals surface area (Å²) in [6.07, 6.45) is 1.03. The van der Waals surface area contributed by atoms with Gasteiger partial charge in [0.1, 0.15) is 5.60 Å². The molecule has 1 aromatic rings. The number of rotatable bonds is 2. The predicted molar refractivity (Wildman–Crippen MR) is 90.3 cm³/mol. The first kappa shape index (κ1) is 17.3. The van der Waals surface area contributed by atoms with E-state index in [1.807, 2.05) is 52.0 Å². The molecule has 1 saturated heterocycles. The second kappa shape index (κ2) is 7.02. The minimum absolute atomic E-state index is 0.0273. The molecule has 1 aromatic carbocycles. The number of carbonyl (C=O) groups excluding carboxylic acids is 2. The van der Waals surface area contributed by atoms with Crippen LogP contribution in [0.4, 0.5) is 10.5 Å². The Hall–Kier alpha value is -2.04. The molecule has 23 heavy (non-hydrogen) atoms. The van der Waals surface area contributed by atoms with E-state index in [9.17, 15) is 9.59 Å². The Morgan fingerprint density at radius 1 is 1.22 bits per heavy atom. The first-order valence-electron chi connectivity index (χ1n) is 8.10. The molecular formula is C18H26N2O3. The maximum Gasteiger partial charge on any atom is 0.410 e. The highest BCUT2D eigenvalue weighted by Crippen LogP contribution is 2.21. The van der Waals surface area contributed by atoms with Crippen LogP contribution in [0.5, 0.6) is 0 Å². The standard InChI is InChI=1S/C18H26N2O3/c1-13-6-5-7-15(12-13)19-16(21)14-8-10-20(11-9-14)17(22)23-18(2,3)4/h5-7,12,14H,8-11H2,1-4H3,(H,19,21). The molecule has 1 fully saturated rings. The first-order valence-corrected chi connectivity index (χ1v) is 8.10. The molecule has 2 rings (SSSR count). The monoisotopic (exact) mass is 318 g/mol. The molecule has 1 aliphatic heterocycles. The summed E-state index contributed by atoms with van der Waals surface area (Å²) in [6, 6.07) is 7.76. The van der Waals surface area contributed by atoms with Crippen molar-refractivity contribution in [2.45, 2.75) is 46.1 Å². The quantitative estimate of drug-likeness (QED) is 0.906. The molecule has 126 valence electrons. The van der Waals surface area contributed by atoms with Gasteiger partial charge in [0.05, 0.1) is 0 Å². The maximum absolute atomic E-state index is 12.3.